The lowest BCUT2D eigenvalue weighted by molar-refractivity contribution is -0.00913. The van der Waals surface area contributed by atoms with E-state index >= 15 is 0 Å². The first kappa shape index (κ1) is 12.2. The number of thioether (sulfide) groups is 1. The monoisotopic (exact) mass is 240 g/mol. The summed E-state index contributed by atoms with van der Waals surface area (Å²) < 4.78 is 5.37. The van der Waals surface area contributed by atoms with Gasteiger partial charge in [0, 0.05) is 18.8 Å². The van der Waals surface area contributed by atoms with Gasteiger partial charge in [0.05, 0.1) is 19.3 Å². The standard InChI is InChI=1S/C12H20N2OS/c1-11(2)7-12(8-13,10-16-9-11)14-3-5-15-6-4-14/h3-7,9-10H2,1-2H3. The van der Waals surface area contributed by atoms with Crippen molar-refractivity contribution in [1.29, 1.82) is 5.26 Å². The Balaban J connectivity index is 2.15. The number of hydrogen-bond donors (Lipinski definition) is 0. The number of rotatable bonds is 1. The minimum Gasteiger partial charge on any atom is -0.379 e. The molecule has 1 atom stereocenters. The molecule has 0 aliphatic carbocycles. The maximum atomic E-state index is 9.58. The van der Waals surface area contributed by atoms with Crippen molar-refractivity contribution in [1.82, 2.24) is 4.90 Å². The van der Waals surface area contributed by atoms with Gasteiger partial charge in [-0.3, -0.25) is 4.90 Å². The molecule has 2 aliphatic heterocycles. The lowest BCUT2D eigenvalue weighted by Gasteiger charge is -2.47. The highest BCUT2D eigenvalue weighted by molar-refractivity contribution is 7.99. The summed E-state index contributed by atoms with van der Waals surface area (Å²) in [6.45, 7) is 7.90. The summed E-state index contributed by atoms with van der Waals surface area (Å²) in [6.07, 6.45) is 0.990. The number of morpholine rings is 1. The van der Waals surface area contributed by atoms with Crippen molar-refractivity contribution in [2.24, 2.45) is 5.41 Å². The SMILES string of the molecule is CC1(C)CSCC(C#N)(N2CCOCC2)C1. The quantitative estimate of drug-likeness (QED) is 0.699. The average molecular weight is 240 g/mol. The van der Waals surface area contributed by atoms with Crippen LogP contribution >= 0.6 is 11.8 Å². The van der Waals surface area contributed by atoms with Crippen LogP contribution < -0.4 is 0 Å². The smallest absolute Gasteiger partial charge is 0.119 e. The van der Waals surface area contributed by atoms with E-state index in [2.05, 4.69) is 24.8 Å². The first-order valence-electron chi connectivity index (χ1n) is 5.90. The van der Waals surface area contributed by atoms with E-state index in [-0.39, 0.29) is 11.0 Å². The third-order valence-electron chi connectivity index (χ3n) is 3.43. The molecule has 0 aromatic rings. The van der Waals surface area contributed by atoms with E-state index in [0.717, 1.165) is 38.5 Å². The second kappa shape index (κ2) is 4.56. The Morgan fingerprint density at radius 3 is 2.50 bits per heavy atom. The zero-order valence-electron chi connectivity index (χ0n) is 10.2. The van der Waals surface area contributed by atoms with Crippen LogP contribution in [0.2, 0.25) is 0 Å². The molecule has 0 saturated carbocycles. The fraction of sp³-hybridized carbons (Fsp3) is 0.917. The van der Waals surface area contributed by atoms with E-state index in [1.54, 1.807) is 0 Å². The van der Waals surface area contributed by atoms with Gasteiger partial charge < -0.3 is 4.74 Å². The van der Waals surface area contributed by atoms with Gasteiger partial charge in [-0.2, -0.15) is 17.0 Å². The van der Waals surface area contributed by atoms with Crippen molar-refractivity contribution in [3.05, 3.63) is 0 Å². The van der Waals surface area contributed by atoms with Gasteiger partial charge in [0.1, 0.15) is 5.54 Å². The molecule has 2 fully saturated rings. The third-order valence-corrected chi connectivity index (χ3v) is 5.10. The Kier molecular flexibility index (Phi) is 3.48. The molecular weight excluding hydrogens is 220 g/mol. The first-order chi connectivity index (χ1) is 7.58. The molecule has 3 nitrogen and oxygen atoms in total. The van der Waals surface area contributed by atoms with Crippen LogP contribution in [-0.4, -0.2) is 48.2 Å². The molecule has 2 saturated heterocycles. The Bertz CT molecular complexity index is 294. The Labute approximate surface area is 102 Å². The van der Waals surface area contributed by atoms with Crippen LogP contribution in [0.4, 0.5) is 0 Å². The summed E-state index contributed by atoms with van der Waals surface area (Å²) in [6, 6.07) is 2.59. The molecule has 0 aromatic carbocycles. The van der Waals surface area contributed by atoms with E-state index in [1.165, 1.54) is 5.75 Å². The molecule has 16 heavy (non-hydrogen) atoms. The maximum Gasteiger partial charge on any atom is 0.119 e. The minimum absolute atomic E-state index is 0.254. The highest BCUT2D eigenvalue weighted by Crippen LogP contribution is 2.42. The lowest BCUT2D eigenvalue weighted by atomic mass is 9.79. The van der Waals surface area contributed by atoms with Crippen LogP contribution in [0.5, 0.6) is 0 Å². The van der Waals surface area contributed by atoms with Crippen molar-refractivity contribution >= 4 is 11.8 Å². The highest BCUT2D eigenvalue weighted by Gasteiger charge is 2.45. The minimum atomic E-state index is -0.254. The summed E-state index contributed by atoms with van der Waals surface area (Å²) in [4.78, 5) is 2.34. The van der Waals surface area contributed by atoms with Crippen LogP contribution in [-0.2, 0) is 4.74 Å². The molecule has 0 aromatic heterocycles. The summed E-state index contributed by atoms with van der Waals surface area (Å²) in [5, 5.41) is 9.58. The van der Waals surface area contributed by atoms with E-state index < -0.39 is 0 Å². The van der Waals surface area contributed by atoms with Gasteiger partial charge in [0.2, 0.25) is 0 Å². The Morgan fingerprint density at radius 1 is 1.25 bits per heavy atom. The van der Waals surface area contributed by atoms with Crippen molar-refractivity contribution in [2.45, 2.75) is 25.8 Å². The Hall–Kier alpha value is -0.240. The van der Waals surface area contributed by atoms with E-state index in [9.17, 15) is 5.26 Å². The first-order valence-corrected chi connectivity index (χ1v) is 7.05. The summed E-state index contributed by atoms with van der Waals surface area (Å²) in [5.74, 6) is 2.12. The van der Waals surface area contributed by atoms with Crippen molar-refractivity contribution in [2.75, 3.05) is 37.8 Å². The predicted molar refractivity (Wildman–Crippen MR) is 66.5 cm³/mol. The van der Waals surface area contributed by atoms with E-state index in [0.29, 0.717) is 0 Å². The zero-order valence-corrected chi connectivity index (χ0v) is 11.0. The number of nitrogens with zero attached hydrogens (tertiary/aromatic N) is 2. The molecule has 2 rings (SSSR count). The second-order valence-electron chi connectivity index (χ2n) is 5.58. The molecule has 0 amide bonds. The summed E-state index contributed by atoms with van der Waals surface area (Å²) in [5.41, 5.74) is 0.0210. The molecule has 2 aliphatic rings. The molecule has 4 heteroatoms. The van der Waals surface area contributed by atoms with Gasteiger partial charge in [-0.15, -0.1) is 0 Å². The molecular formula is C12H20N2OS. The van der Waals surface area contributed by atoms with Crippen molar-refractivity contribution in [3.8, 4) is 6.07 Å². The lowest BCUT2D eigenvalue weighted by Crippen LogP contribution is -2.58. The number of nitriles is 1. The summed E-state index contributed by atoms with van der Waals surface area (Å²) >= 11 is 1.92. The molecule has 2 heterocycles. The zero-order chi connectivity index (χ0) is 11.6. The van der Waals surface area contributed by atoms with Gasteiger partial charge >= 0.3 is 0 Å². The molecule has 0 N–H and O–H groups in total. The van der Waals surface area contributed by atoms with Crippen LogP contribution in [0.15, 0.2) is 0 Å². The normalized spacial score (nSPS) is 35.6. The largest absolute Gasteiger partial charge is 0.379 e. The second-order valence-corrected chi connectivity index (χ2v) is 6.56. The molecule has 0 spiro atoms. The van der Waals surface area contributed by atoms with Crippen LogP contribution in [0.1, 0.15) is 20.3 Å². The molecule has 1 unspecified atom stereocenters. The maximum absolute atomic E-state index is 9.58. The Morgan fingerprint density at radius 2 is 1.94 bits per heavy atom. The topological polar surface area (TPSA) is 36.3 Å². The van der Waals surface area contributed by atoms with Gasteiger partial charge in [-0.25, -0.2) is 0 Å². The van der Waals surface area contributed by atoms with Crippen LogP contribution in [0, 0.1) is 16.7 Å². The van der Waals surface area contributed by atoms with Crippen molar-refractivity contribution in [3.63, 3.8) is 0 Å². The average Bonchev–Trinajstić information content (AvgIpc) is 2.29. The van der Waals surface area contributed by atoms with E-state index in [4.69, 9.17) is 4.74 Å². The van der Waals surface area contributed by atoms with Gasteiger partial charge in [-0.1, -0.05) is 13.8 Å². The third kappa shape index (κ3) is 2.37. The predicted octanol–water partition coefficient (Wildman–Crippen LogP) is 1.74. The number of ether oxygens (including phenoxy) is 1. The van der Waals surface area contributed by atoms with Gasteiger partial charge in [0.15, 0.2) is 0 Å². The van der Waals surface area contributed by atoms with Crippen LogP contribution in [0.3, 0.4) is 0 Å². The fourth-order valence-electron chi connectivity index (χ4n) is 2.73. The summed E-state index contributed by atoms with van der Waals surface area (Å²) in [7, 11) is 0. The van der Waals surface area contributed by atoms with E-state index in [1.807, 2.05) is 11.8 Å². The van der Waals surface area contributed by atoms with Gasteiger partial charge in [-0.05, 0) is 17.6 Å². The van der Waals surface area contributed by atoms with Gasteiger partial charge in [0.25, 0.3) is 0 Å². The molecule has 90 valence electrons. The fourth-order valence-corrected chi connectivity index (χ4v) is 4.17. The number of hydrogen-bond acceptors (Lipinski definition) is 4. The van der Waals surface area contributed by atoms with Crippen molar-refractivity contribution < 1.29 is 4.74 Å². The highest BCUT2D eigenvalue weighted by atomic mass is 32.2. The molecule has 0 bridgehead atoms. The molecule has 0 radical (unpaired) electrons. The van der Waals surface area contributed by atoms with Crippen LogP contribution in [0.25, 0.3) is 0 Å².